The van der Waals surface area contributed by atoms with Crippen molar-refractivity contribution in [3.63, 3.8) is 0 Å². The molecule has 0 spiro atoms. The Morgan fingerprint density at radius 2 is 2.08 bits per heavy atom. The van der Waals surface area contributed by atoms with E-state index in [-0.39, 0.29) is 31.2 Å². The summed E-state index contributed by atoms with van der Waals surface area (Å²) in [6.07, 6.45) is 2.52. The second kappa shape index (κ2) is 8.64. The lowest BCUT2D eigenvalue weighted by Crippen LogP contribution is -2.59. The van der Waals surface area contributed by atoms with Gasteiger partial charge in [0.15, 0.2) is 6.61 Å². The minimum absolute atomic E-state index is 0.0866. The van der Waals surface area contributed by atoms with Crippen LogP contribution >= 0.6 is 0 Å². The maximum atomic E-state index is 12.6. The molecule has 8 heteroatoms. The maximum Gasteiger partial charge on any atom is 0.260 e. The van der Waals surface area contributed by atoms with Crippen molar-refractivity contribution in [1.82, 2.24) is 9.62 Å². The van der Waals surface area contributed by atoms with Crippen LogP contribution in [0.2, 0.25) is 0 Å². The molecule has 1 aromatic carbocycles. The summed E-state index contributed by atoms with van der Waals surface area (Å²) in [5.74, 6) is 0.493. The second-order valence-corrected chi connectivity index (χ2v) is 8.08. The van der Waals surface area contributed by atoms with Gasteiger partial charge >= 0.3 is 0 Å². The third-order valence-electron chi connectivity index (χ3n) is 4.25. The van der Waals surface area contributed by atoms with Crippen LogP contribution < -0.4 is 9.46 Å². The summed E-state index contributed by atoms with van der Waals surface area (Å²) in [6.45, 7) is 2.66. The van der Waals surface area contributed by atoms with Crippen LogP contribution in [0.4, 0.5) is 0 Å². The highest BCUT2D eigenvalue weighted by molar-refractivity contribution is 7.88. The Labute approximate surface area is 149 Å². The first-order valence-corrected chi connectivity index (χ1v) is 10.1. The molecule has 1 fully saturated rings. The Morgan fingerprint density at radius 3 is 2.72 bits per heavy atom. The van der Waals surface area contributed by atoms with Gasteiger partial charge in [0.25, 0.3) is 5.91 Å². The molecule has 2 rings (SSSR count). The molecule has 2 atom stereocenters. The summed E-state index contributed by atoms with van der Waals surface area (Å²) in [4.78, 5) is 14.3. The molecule has 1 saturated heterocycles. The number of piperidine rings is 1. The molecule has 140 valence electrons. The van der Waals surface area contributed by atoms with Crippen molar-refractivity contribution in [3.8, 4) is 5.75 Å². The van der Waals surface area contributed by atoms with Crippen molar-refractivity contribution in [2.24, 2.45) is 0 Å². The molecule has 1 heterocycles. The van der Waals surface area contributed by atoms with Crippen molar-refractivity contribution in [2.45, 2.75) is 31.8 Å². The van der Waals surface area contributed by atoms with Gasteiger partial charge in [0.1, 0.15) is 5.75 Å². The number of carbonyl (C=O) groups is 1. The summed E-state index contributed by atoms with van der Waals surface area (Å²) in [6, 6.07) is 6.80. The molecule has 0 saturated carbocycles. The van der Waals surface area contributed by atoms with Crippen LogP contribution in [0.3, 0.4) is 0 Å². The molecule has 25 heavy (non-hydrogen) atoms. The normalized spacial score (nSPS) is 21.2. The highest BCUT2D eigenvalue weighted by atomic mass is 32.2. The topological polar surface area (TPSA) is 84.9 Å². The van der Waals surface area contributed by atoms with E-state index in [0.717, 1.165) is 18.2 Å². The molecular weight excluding hydrogens is 344 g/mol. The van der Waals surface area contributed by atoms with E-state index in [9.17, 15) is 13.2 Å². The molecule has 1 aliphatic heterocycles. The zero-order valence-electron chi connectivity index (χ0n) is 14.9. The van der Waals surface area contributed by atoms with Crippen molar-refractivity contribution < 1.29 is 22.7 Å². The smallest absolute Gasteiger partial charge is 0.260 e. The summed E-state index contributed by atoms with van der Waals surface area (Å²) >= 11 is 0. The first-order valence-electron chi connectivity index (χ1n) is 8.26. The highest BCUT2D eigenvalue weighted by Crippen LogP contribution is 2.21. The quantitative estimate of drug-likeness (QED) is 0.772. The minimum atomic E-state index is -3.36. The molecule has 1 N–H and O–H groups in total. The number of para-hydroxylation sites is 1. The van der Waals surface area contributed by atoms with E-state index in [2.05, 4.69) is 4.72 Å². The first-order chi connectivity index (χ1) is 11.8. The maximum absolute atomic E-state index is 12.6. The number of likely N-dealkylation sites (tertiary alicyclic amines) is 1. The Balaban J connectivity index is 2.06. The predicted octanol–water partition coefficient (Wildman–Crippen LogP) is 0.929. The molecule has 0 aromatic heterocycles. The van der Waals surface area contributed by atoms with Crippen molar-refractivity contribution in [2.75, 3.05) is 33.1 Å². The van der Waals surface area contributed by atoms with E-state index in [1.54, 1.807) is 12.0 Å². The fourth-order valence-electron chi connectivity index (χ4n) is 3.10. The number of amides is 1. The van der Waals surface area contributed by atoms with E-state index >= 15 is 0 Å². The summed E-state index contributed by atoms with van der Waals surface area (Å²) in [5, 5.41) is 0. The molecule has 1 amide bonds. The van der Waals surface area contributed by atoms with Gasteiger partial charge in [0, 0.05) is 19.7 Å². The van der Waals surface area contributed by atoms with Gasteiger partial charge in [-0.25, -0.2) is 13.1 Å². The van der Waals surface area contributed by atoms with E-state index in [1.807, 2.05) is 31.2 Å². The van der Waals surface area contributed by atoms with Gasteiger partial charge in [-0.15, -0.1) is 0 Å². The summed E-state index contributed by atoms with van der Waals surface area (Å²) < 4.78 is 36.7. The lowest BCUT2D eigenvalue weighted by molar-refractivity contribution is -0.139. The Morgan fingerprint density at radius 1 is 1.36 bits per heavy atom. The third kappa shape index (κ3) is 5.69. The van der Waals surface area contributed by atoms with Crippen LogP contribution in [0.1, 0.15) is 18.4 Å². The van der Waals surface area contributed by atoms with Gasteiger partial charge in [-0.1, -0.05) is 18.2 Å². The zero-order valence-corrected chi connectivity index (χ0v) is 15.7. The number of methoxy groups -OCH3 is 1. The fourth-order valence-corrected chi connectivity index (χ4v) is 3.92. The molecule has 1 aliphatic rings. The van der Waals surface area contributed by atoms with Crippen LogP contribution in [-0.4, -0.2) is 64.4 Å². The lowest BCUT2D eigenvalue weighted by Gasteiger charge is -2.40. The van der Waals surface area contributed by atoms with Gasteiger partial charge in [0.2, 0.25) is 10.0 Å². The van der Waals surface area contributed by atoms with E-state index in [4.69, 9.17) is 9.47 Å². The highest BCUT2D eigenvalue weighted by Gasteiger charge is 2.35. The fraction of sp³-hybridized carbons (Fsp3) is 0.588. The van der Waals surface area contributed by atoms with Crippen LogP contribution in [0.5, 0.6) is 5.75 Å². The second-order valence-electron chi connectivity index (χ2n) is 6.30. The number of ether oxygens (including phenoxy) is 2. The summed E-state index contributed by atoms with van der Waals surface area (Å²) in [7, 11) is -1.82. The van der Waals surface area contributed by atoms with Crippen LogP contribution in [0.25, 0.3) is 0 Å². The molecule has 0 radical (unpaired) electrons. The molecule has 7 nitrogen and oxygen atoms in total. The van der Waals surface area contributed by atoms with Crippen molar-refractivity contribution in [3.05, 3.63) is 29.8 Å². The minimum Gasteiger partial charge on any atom is -0.484 e. The van der Waals surface area contributed by atoms with Crippen LogP contribution in [0, 0.1) is 6.92 Å². The number of sulfonamides is 1. The lowest BCUT2D eigenvalue weighted by atomic mass is 9.97. The number of aryl methyl sites for hydroxylation is 1. The zero-order chi connectivity index (χ0) is 18.4. The van der Waals surface area contributed by atoms with Gasteiger partial charge in [0.05, 0.1) is 18.9 Å². The van der Waals surface area contributed by atoms with Crippen molar-refractivity contribution in [1.29, 1.82) is 0 Å². The van der Waals surface area contributed by atoms with Gasteiger partial charge in [-0.2, -0.15) is 0 Å². The van der Waals surface area contributed by atoms with Crippen LogP contribution in [-0.2, 0) is 19.6 Å². The van der Waals surface area contributed by atoms with Crippen molar-refractivity contribution >= 4 is 15.9 Å². The number of rotatable bonds is 7. The monoisotopic (exact) mass is 370 g/mol. The SMILES string of the molecule is COC[C@H]1[C@@H](NS(C)(=O)=O)CCCN1C(=O)COc1ccccc1C. The number of hydrogen-bond donors (Lipinski definition) is 1. The number of nitrogens with one attached hydrogen (secondary N) is 1. The van der Waals surface area contributed by atoms with E-state index < -0.39 is 10.0 Å². The Bertz CT molecular complexity index is 692. The molecule has 0 aliphatic carbocycles. The number of nitrogens with zero attached hydrogens (tertiary/aromatic N) is 1. The Hall–Kier alpha value is -1.64. The average molecular weight is 370 g/mol. The Kier molecular flexibility index (Phi) is 6.80. The molecule has 1 aromatic rings. The van der Waals surface area contributed by atoms with Crippen LogP contribution in [0.15, 0.2) is 24.3 Å². The predicted molar refractivity (Wildman–Crippen MR) is 95.1 cm³/mol. The summed E-state index contributed by atoms with van der Waals surface area (Å²) in [5.41, 5.74) is 0.957. The van der Waals surface area contributed by atoms with E-state index in [1.165, 1.54) is 0 Å². The standard InChI is InChI=1S/C17H26N2O5S/c1-13-7-4-5-9-16(13)24-12-17(20)19-10-6-8-14(15(19)11-23-2)18-25(3,21)22/h4-5,7,9,14-15,18H,6,8,10-12H2,1-3H3/t14-,15-/m0/s1. The largest absolute Gasteiger partial charge is 0.484 e. The van der Waals surface area contributed by atoms with Gasteiger partial charge in [-0.3, -0.25) is 4.79 Å². The third-order valence-corrected chi connectivity index (χ3v) is 4.98. The van der Waals surface area contributed by atoms with Gasteiger partial charge < -0.3 is 14.4 Å². The number of carbonyl (C=O) groups excluding carboxylic acids is 1. The average Bonchev–Trinajstić information content (AvgIpc) is 2.54. The molecule has 0 bridgehead atoms. The molecule has 0 unspecified atom stereocenters. The number of hydrogen-bond acceptors (Lipinski definition) is 5. The van der Waals surface area contributed by atoms with Gasteiger partial charge in [-0.05, 0) is 31.4 Å². The van der Waals surface area contributed by atoms with E-state index in [0.29, 0.717) is 18.7 Å². The molecular formula is C17H26N2O5S. The number of benzene rings is 1. The first kappa shape index (κ1) is 19.7.